The second kappa shape index (κ2) is 14.4. The molecule has 256 valence electrons. The molecule has 1 atom stereocenters. The molecule has 0 aliphatic carbocycles. The summed E-state index contributed by atoms with van der Waals surface area (Å²) < 4.78 is 65.7. The second-order valence-corrected chi connectivity index (χ2v) is 12.7. The third kappa shape index (κ3) is 6.78. The van der Waals surface area contributed by atoms with E-state index >= 15 is 8.78 Å². The van der Waals surface area contributed by atoms with E-state index in [9.17, 15) is 9.18 Å². The summed E-state index contributed by atoms with van der Waals surface area (Å²) in [5, 5.41) is 7.24. The summed E-state index contributed by atoms with van der Waals surface area (Å²) >= 11 is 1.31. The molecule has 6 rings (SSSR count). The van der Waals surface area contributed by atoms with Crippen molar-refractivity contribution in [2.45, 2.75) is 19.5 Å². The zero-order chi connectivity index (χ0) is 34.8. The monoisotopic (exact) mass is 691 g/mol. The number of methoxy groups -OCH3 is 1. The lowest BCUT2D eigenvalue weighted by molar-refractivity contribution is -0.129. The number of carbonyl (C=O) groups excluding carboxylic acids is 1. The van der Waals surface area contributed by atoms with E-state index in [4.69, 9.17) is 24.3 Å². The Morgan fingerprint density at radius 3 is 2.57 bits per heavy atom. The van der Waals surface area contributed by atoms with Crippen LogP contribution in [0.25, 0.3) is 43.9 Å². The van der Waals surface area contributed by atoms with Crippen LogP contribution in [-0.2, 0) is 16.1 Å². The number of likely N-dealkylation sites (N-methyl/N-ethyl adjacent to an activating group) is 1. The van der Waals surface area contributed by atoms with Crippen LogP contribution in [0.4, 0.5) is 13.2 Å². The molecular formula is C36H36F3N5O4S. The van der Waals surface area contributed by atoms with Crippen molar-refractivity contribution in [2.75, 3.05) is 54.1 Å². The Hall–Kier alpha value is -4.72. The van der Waals surface area contributed by atoms with E-state index in [2.05, 4.69) is 6.58 Å². The highest BCUT2D eigenvalue weighted by molar-refractivity contribution is 7.18. The molecule has 4 heterocycles. The van der Waals surface area contributed by atoms with Gasteiger partial charge in [-0.2, -0.15) is 5.10 Å². The molecule has 0 saturated carbocycles. The van der Waals surface area contributed by atoms with Gasteiger partial charge in [-0.15, -0.1) is 11.3 Å². The maximum Gasteiger partial charge on any atom is 0.246 e. The first-order valence-corrected chi connectivity index (χ1v) is 16.6. The Labute approximate surface area is 286 Å². The number of hydrogen-bond acceptors (Lipinski definition) is 8. The van der Waals surface area contributed by atoms with Gasteiger partial charge in [0.2, 0.25) is 5.91 Å². The van der Waals surface area contributed by atoms with Crippen molar-refractivity contribution in [1.82, 2.24) is 24.6 Å². The van der Waals surface area contributed by atoms with Crippen LogP contribution in [0.3, 0.4) is 0 Å². The molecule has 0 spiro atoms. The number of rotatable bonds is 12. The molecule has 1 aliphatic rings. The molecule has 0 radical (unpaired) electrons. The van der Waals surface area contributed by atoms with E-state index in [0.717, 1.165) is 17.8 Å². The average molecular weight is 692 g/mol. The molecule has 1 aliphatic heterocycles. The highest BCUT2D eigenvalue weighted by atomic mass is 32.1. The molecule has 1 amide bonds. The molecule has 13 heteroatoms. The van der Waals surface area contributed by atoms with E-state index < -0.39 is 17.5 Å². The van der Waals surface area contributed by atoms with Crippen molar-refractivity contribution in [3.8, 4) is 45.3 Å². The van der Waals surface area contributed by atoms with Crippen molar-refractivity contribution in [3.63, 3.8) is 0 Å². The van der Waals surface area contributed by atoms with Crippen LogP contribution in [0, 0.1) is 17.5 Å². The van der Waals surface area contributed by atoms with Gasteiger partial charge in [-0.05, 0) is 56.7 Å². The normalized spacial score (nSPS) is 14.4. The molecule has 2 aromatic carbocycles. The number of nitrogens with zero attached hydrogens (tertiary/aromatic N) is 5. The Morgan fingerprint density at radius 1 is 1.02 bits per heavy atom. The Morgan fingerprint density at radius 2 is 1.84 bits per heavy atom. The average Bonchev–Trinajstić information content (AvgIpc) is 3.73. The Balaban J connectivity index is 1.57. The molecule has 49 heavy (non-hydrogen) atoms. The number of aromatic nitrogens is 3. The minimum Gasteiger partial charge on any atom is -0.492 e. The summed E-state index contributed by atoms with van der Waals surface area (Å²) in [7, 11) is 5.35. The predicted octanol–water partition coefficient (Wildman–Crippen LogP) is 6.97. The first kappa shape index (κ1) is 34.2. The van der Waals surface area contributed by atoms with Crippen molar-refractivity contribution < 1.29 is 32.2 Å². The van der Waals surface area contributed by atoms with Gasteiger partial charge in [0.1, 0.15) is 53.6 Å². The predicted molar refractivity (Wildman–Crippen MR) is 183 cm³/mol. The number of fused-ring (bicyclic) bond motifs is 2. The van der Waals surface area contributed by atoms with Crippen LogP contribution in [0.5, 0.6) is 11.5 Å². The Kier molecular flexibility index (Phi) is 10.0. The minimum atomic E-state index is -0.858. The van der Waals surface area contributed by atoms with Crippen LogP contribution >= 0.6 is 11.3 Å². The highest BCUT2D eigenvalue weighted by Crippen LogP contribution is 2.47. The maximum atomic E-state index is 16.1. The summed E-state index contributed by atoms with van der Waals surface area (Å²) in [6.07, 6.45) is 1.27. The number of benzene rings is 2. The van der Waals surface area contributed by atoms with Gasteiger partial charge in [0, 0.05) is 59.6 Å². The largest absolute Gasteiger partial charge is 0.492 e. The number of halogens is 3. The van der Waals surface area contributed by atoms with Gasteiger partial charge in [-0.1, -0.05) is 6.58 Å². The zero-order valence-electron chi connectivity index (χ0n) is 27.6. The van der Waals surface area contributed by atoms with Gasteiger partial charge in [-0.25, -0.2) is 18.2 Å². The van der Waals surface area contributed by atoms with Crippen LogP contribution in [0.2, 0.25) is 0 Å². The molecular weight excluding hydrogens is 655 g/mol. The Bertz CT molecular complexity index is 2030. The number of hydrogen-bond donors (Lipinski definition) is 0. The third-order valence-electron chi connectivity index (χ3n) is 8.38. The van der Waals surface area contributed by atoms with E-state index in [1.807, 2.05) is 31.3 Å². The topological polar surface area (TPSA) is 82.0 Å². The van der Waals surface area contributed by atoms with Crippen molar-refractivity contribution >= 4 is 27.3 Å². The first-order chi connectivity index (χ1) is 23.6. The second-order valence-electron chi connectivity index (χ2n) is 11.8. The number of thiophene rings is 1. The zero-order valence-corrected chi connectivity index (χ0v) is 28.5. The van der Waals surface area contributed by atoms with Crippen LogP contribution in [-0.4, -0.2) is 84.6 Å². The standard InChI is InChI=1S/C36H36F3N5O4S/c1-6-31(45)43-10-11-44-29(21(43)2)20-28(41-44)35-33(32-27(39)17-22(37)18-30(32)48-15-14-46-5)36-25(9-16-49-36)34(40-35)24-8-7-23(19-26(24)38)47-13-12-42(3)4/h6-9,16-21H,1,10-15H2,2-5H3/t21-/m1/s1. The van der Waals surface area contributed by atoms with E-state index in [1.165, 1.54) is 30.6 Å². The van der Waals surface area contributed by atoms with Gasteiger partial charge < -0.3 is 24.0 Å². The lowest BCUT2D eigenvalue weighted by atomic mass is 9.96. The summed E-state index contributed by atoms with van der Waals surface area (Å²) in [4.78, 5) is 21.3. The smallest absolute Gasteiger partial charge is 0.246 e. The van der Waals surface area contributed by atoms with Crippen molar-refractivity contribution in [3.05, 3.63) is 83.6 Å². The lowest BCUT2D eigenvalue weighted by Crippen LogP contribution is -2.40. The van der Waals surface area contributed by atoms with Gasteiger partial charge in [0.15, 0.2) is 0 Å². The molecule has 0 saturated heterocycles. The first-order valence-electron chi connectivity index (χ1n) is 15.7. The fourth-order valence-corrected chi connectivity index (χ4v) is 6.90. The fourth-order valence-electron chi connectivity index (χ4n) is 5.95. The number of carbonyl (C=O) groups is 1. The van der Waals surface area contributed by atoms with Gasteiger partial charge >= 0.3 is 0 Å². The number of pyridine rings is 1. The minimum absolute atomic E-state index is 0.00778. The van der Waals surface area contributed by atoms with Gasteiger partial charge in [0.25, 0.3) is 0 Å². The van der Waals surface area contributed by atoms with Crippen LogP contribution in [0.15, 0.2) is 60.5 Å². The van der Waals surface area contributed by atoms with Crippen molar-refractivity contribution in [1.29, 1.82) is 0 Å². The lowest BCUT2D eigenvalue weighted by Gasteiger charge is -2.33. The molecule has 0 N–H and O–H groups in total. The van der Waals surface area contributed by atoms with E-state index in [-0.39, 0.29) is 47.7 Å². The summed E-state index contributed by atoms with van der Waals surface area (Å²) in [6.45, 7) is 7.61. The highest BCUT2D eigenvalue weighted by Gasteiger charge is 2.31. The molecule has 5 aromatic rings. The number of amides is 1. The number of ether oxygens (including phenoxy) is 3. The molecule has 3 aromatic heterocycles. The summed E-state index contributed by atoms with van der Waals surface area (Å²) in [5.74, 6) is -2.08. The summed E-state index contributed by atoms with van der Waals surface area (Å²) in [5.41, 5.74) is 2.20. The van der Waals surface area contributed by atoms with E-state index in [1.54, 1.807) is 33.8 Å². The van der Waals surface area contributed by atoms with Gasteiger partial charge in [-0.3, -0.25) is 9.48 Å². The van der Waals surface area contributed by atoms with E-state index in [0.29, 0.717) is 59.0 Å². The van der Waals surface area contributed by atoms with Crippen LogP contribution < -0.4 is 9.47 Å². The molecule has 9 nitrogen and oxygen atoms in total. The third-order valence-corrected chi connectivity index (χ3v) is 9.32. The summed E-state index contributed by atoms with van der Waals surface area (Å²) in [6, 6.07) is 9.78. The maximum absolute atomic E-state index is 16.1. The SMILES string of the molecule is C=CC(=O)N1CCn2nc(-c3nc(-c4ccc(OCCN(C)C)cc4F)c4ccsc4c3-c3c(F)cc(F)cc3OCCOC)cc2[C@H]1C. The molecule has 0 bridgehead atoms. The van der Waals surface area contributed by atoms with Gasteiger partial charge in [0.05, 0.1) is 36.1 Å². The molecule has 0 fully saturated rings. The molecule has 0 unspecified atom stereocenters. The van der Waals surface area contributed by atoms with Crippen LogP contribution in [0.1, 0.15) is 18.7 Å². The fraction of sp³-hybridized carbons (Fsp3) is 0.306. The van der Waals surface area contributed by atoms with Crippen molar-refractivity contribution in [2.24, 2.45) is 0 Å². The quantitative estimate of drug-likeness (QED) is 0.103.